The minimum absolute atomic E-state index is 0.00631. The van der Waals surface area contributed by atoms with Crippen LogP contribution >= 0.6 is 0 Å². The molecule has 1 saturated heterocycles. The fourth-order valence-corrected chi connectivity index (χ4v) is 3.94. The van der Waals surface area contributed by atoms with Gasteiger partial charge in [-0.15, -0.1) is 0 Å². The number of ether oxygens (including phenoxy) is 2. The molecule has 2 unspecified atom stereocenters. The van der Waals surface area contributed by atoms with Crippen molar-refractivity contribution in [1.82, 2.24) is 0 Å². The molecule has 0 radical (unpaired) electrons. The van der Waals surface area contributed by atoms with Gasteiger partial charge in [0.1, 0.15) is 6.10 Å². The molecule has 0 amide bonds. The molecule has 164 valence electrons. The van der Waals surface area contributed by atoms with Crippen molar-refractivity contribution in [2.24, 2.45) is 0 Å². The summed E-state index contributed by atoms with van der Waals surface area (Å²) in [5, 5.41) is 0. The normalized spacial score (nSPS) is 18.9. The molecule has 0 aliphatic carbocycles. The van der Waals surface area contributed by atoms with E-state index in [1.54, 1.807) is 12.1 Å². The lowest BCUT2D eigenvalue weighted by atomic mass is 10.1. The molecule has 1 fully saturated rings. The summed E-state index contributed by atoms with van der Waals surface area (Å²) in [7, 11) is -4.05. The maximum absolute atomic E-state index is 12.9. The summed E-state index contributed by atoms with van der Waals surface area (Å²) in [6.45, 7) is 1.95. The SMILES string of the molecule is Cc1ccc(S(=O)(=O)OCC(OC2CCCCO2)c2ccc(C(F)(F)F)cc2)cc1. The summed E-state index contributed by atoms with van der Waals surface area (Å²) in [4.78, 5) is -0.00631. The maximum Gasteiger partial charge on any atom is 0.416 e. The fourth-order valence-electron chi connectivity index (χ4n) is 3.03. The number of hydrogen-bond acceptors (Lipinski definition) is 5. The number of rotatable bonds is 7. The Hall–Kier alpha value is -1.94. The highest BCUT2D eigenvalue weighted by Gasteiger charge is 2.31. The lowest BCUT2D eigenvalue weighted by Gasteiger charge is -2.28. The second kappa shape index (κ2) is 9.47. The van der Waals surface area contributed by atoms with E-state index in [9.17, 15) is 21.6 Å². The smallest absolute Gasteiger partial charge is 0.353 e. The van der Waals surface area contributed by atoms with E-state index in [1.165, 1.54) is 24.3 Å². The molecule has 1 aliphatic heterocycles. The van der Waals surface area contributed by atoms with Crippen molar-refractivity contribution in [2.75, 3.05) is 13.2 Å². The van der Waals surface area contributed by atoms with Crippen molar-refractivity contribution in [2.45, 2.75) is 49.7 Å². The van der Waals surface area contributed by atoms with Gasteiger partial charge in [-0.2, -0.15) is 21.6 Å². The average molecular weight is 444 g/mol. The van der Waals surface area contributed by atoms with E-state index in [-0.39, 0.29) is 11.5 Å². The molecule has 1 heterocycles. The van der Waals surface area contributed by atoms with E-state index in [2.05, 4.69) is 0 Å². The van der Waals surface area contributed by atoms with Crippen LogP contribution in [0.2, 0.25) is 0 Å². The van der Waals surface area contributed by atoms with E-state index in [4.69, 9.17) is 13.7 Å². The van der Waals surface area contributed by atoms with Crippen LogP contribution in [0.1, 0.15) is 42.1 Å². The van der Waals surface area contributed by atoms with Crippen molar-refractivity contribution in [1.29, 1.82) is 0 Å². The third-order valence-corrected chi connectivity index (χ3v) is 6.04. The van der Waals surface area contributed by atoms with Crippen LogP contribution in [0.25, 0.3) is 0 Å². The van der Waals surface area contributed by atoms with E-state index < -0.39 is 34.3 Å². The van der Waals surface area contributed by atoms with Crippen molar-refractivity contribution in [3.05, 3.63) is 65.2 Å². The molecule has 0 aromatic heterocycles. The third-order valence-electron chi connectivity index (χ3n) is 4.75. The minimum atomic E-state index is -4.47. The Morgan fingerprint density at radius 1 is 1.07 bits per heavy atom. The van der Waals surface area contributed by atoms with E-state index in [0.29, 0.717) is 18.6 Å². The molecule has 5 nitrogen and oxygen atoms in total. The molecule has 9 heteroatoms. The first-order chi connectivity index (χ1) is 14.1. The van der Waals surface area contributed by atoms with Crippen molar-refractivity contribution >= 4 is 10.1 Å². The van der Waals surface area contributed by atoms with Crippen LogP contribution in [-0.2, 0) is 30.0 Å². The molecule has 0 bridgehead atoms. The van der Waals surface area contributed by atoms with Crippen LogP contribution in [0.4, 0.5) is 13.2 Å². The molecule has 2 atom stereocenters. The fraction of sp³-hybridized carbons (Fsp3) is 0.429. The Bertz CT molecular complexity index is 919. The van der Waals surface area contributed by atoms with Gasteiger partial charge in [0.25, 0.3) is 10.1 Å². The van der Waals surface area contributed by atoms with E-state index in [1.807, 2.05) is 6.92 Å². The van der Waals surface area contributed by atoms with Crippen LogP contribution in [-0.4, -0.2) is 27.9 Å². The zero-order valence-corrected chi connectivity index (χ0v) is 17.2. The quantitative estimate of drug-likeness (QED) is 0.562. The Morgan fingerprint density at radius 3 is 2.30 bits per heavy atom. The summed E-state index contributed by atoms with van der Waals surface area (Å²) >= 11 is 0. The molecule has 1 aliphatic rings. The van der Waals surface area contributed by atoms with Gasteiger partial charge in [0.2, 0.25) is 0 Å². The molecule has 2 aromatic carbocycles. The van der Waals surface area contributed by atoms with Gasteiger partial charge < -0.3 is 9.47 Å². The number of aryl methyl sites for hydroxylation is 1. The number of hydrogen-bond donors (Lipinski definition) is 0. The van der Waals surface area contributed by atoms with Gasteiger partial charge in [0, 0.05) is 6.61 Å². The molecule has 3 rings (SSSR count). The first kappa shape index (κ1) is 22.7. The summed E-state index contributed by atoms with van der Waals surface area (Å²) in [5.41, 5.74) is 0.470. The molecule has 0 saturated carbocycles. The van der Waals surface area contributed by atoms with Crippen molar-refractivity contribution in [3.63, 3.8) is 0 Å². The number of benzene rings is 2. The topological polar surface area (TPSA) is 61.8 Å². The predicted octanol–water partition coefficient (Wildman–Crippen LogP) is 5.00. The highest BCUT2D eigenvalue weighted by Crippen LogP contribution is 2.32. The van der Waals surface area contributed by atoms with Crippen LogP contribution in [0.15, 0.2) is 53.4 Å². The molecular formula is C21H23F3O5S. The van der Waals surface area contributed by atoms with Gasteiger partial charge in [0.05, 0.1) is 17.1 Å². The first-order valence-corrected chi connectivity index (χ1v) is 11.0. The van der Waals surface area contributed by atoms with E-state index in [0.717, 1.165) is 30.5 Å². The predicted molar refractivity (Wildman–Crippen MR) is 103 cm³/mol. The Morgan fingerprint density at radius 2 is 1.73 bits per heavy atom. The van der Waals surface area contributed by atoms with Gasteiger partial charge in [-0.25, -0.2) is 0 Å². The lowest BCUT2D eigenvalue weighted by Crippen LogP contribution is -2.27. The Balaban J connectivity index is 1.77. The molecule has 0 N–H and O–H groups in total. The van der Waals surface area contributed by atoms with Gasteiger partial charge in [-0.05, 0) is 56.0 Å². The van der Waals surface area contributed by atoms with Crippen molar-refractivity contribution < 1.29 is 35.2 Å². The summed E-state index contributed by atoms with van der Waals surface area (Å²) < 4.78 is 80.1. The molecule has 2 aromatic rings. The lowest BCUT2D eigenvalue weighted by molar-refractivity contribution is -0.195. The molecule has 30 heavy (non-hydrogen) atoms. The maximum atomic E-state index is 12.9. The van der Waals surface area contributed by atoms with Crippen LogP contribution in [0.5, 0.6) is 0 Å². The van der Waals surface area contributed by atoms with Gasteiger partial charge >= 0.3 is 6.18 Å². The zero-order chi connectivity index (χ0) is 21.8. The number of alkyl halides is 3. The Labute approximate surface area is 173 Å². The highest BCUT2D eigenvalue weighted by atomic mass is 32.2. The van der Waals surface area contributed by atoms with Crippen LogP contribution in [0, 0.1) is 6.92 Å². The Kier molecular flexibility index (Phi) is 7.18. The summed E-state index contributed by atoms with van der Waals surface area (Å²) in [5.74, 6) is 0. The zero-order valence-electron chi connectivity index (χ0n) is 16.4. The first-order valence-electron chi connectivity index (χ1n) is 9.55. The molecular weight excluding hydrogens is 421 g/mol. The van der Waals surface area contributed by atoms with Gasteiger partial charge in [-0.3, -0.25) is 4.18 Å². The molecule has 0 spiro atoms. The van der Waals surface area contributed by atoms with Gasteiger partial charge in [0.15, 0.2) is 6.29 Å². The van der Waals surface area contributed by atoms with E-state index >= 15 is 0 Å². The summed E-state index contributed by atoms with van der Waals surface area (Å²) in [6.07, 6.45) is -3.56. The monoisotopic (exact) mass is 444 g/mol. The van der Waals surface area contributed by atoms with Crippen LogP contribution < -0.4 is 0 Å². The highest BCUT2D eigenvalue weighted by molar-refractivity contribution is 7.86. The second-order valence-corrected chi connectivity index (χ2v) is 8.71. The van der Waals surface area contributed by atoms with Crippen LogP contribution in [0.3, 0.4) is 0 Å². The third kappa shape index (κ3) is 6.04. The van der Waals surface area contributed by atoms with Crippen molar-refractivity contribution in [3.8, 4) is 0 Å². The number of halogens is 3. The minimum Gasteiger partial charge on any atom is -0.353 e. The second-order valence-electron chi connectivity index (χ2n) is 7.09. The largest absolute Gasteiger partial charge is 0.416 e. The average Bonchev–Trinajstić information content (AvgIpc) is 2.72. The summed E-state index contributed by atoms with van der Waals surface area (Å²) in [6, 6.07) is 10.6. The van der Waals surface area contributed by atoms with Gasteiger partial charge in [-0.1, -0.05) is 29.8 Å². The standard InChI is InChI=1S/C21H23F3O5S/c1-15-5-11-18(12-6-15)30(25,26)28-14-19(29-20-4-2-3-13-27-20)16-7-9-17(10-8-16)21(22,23)24/h5-12,19-20H,2-4,13-14H2,1H3.